The predicted molar refractivity (Wildman–Crippen MR) is 185 cm³/mol. The van der Waals surface area contributed by atoms with Crippen LogP contribution in [0.2, 0.25) is 0 Å². The summed E-state index contributed by atoms with van der Waals surface area (Å²) in [5.74, 6) is 0. The molecule has 0 radical (unpaired) electrons. The molecule has 0 atom stereocenters. The Hall–Kier alpha value is -0.850. The molecular formula is C40H76N+. The Morgan fingerprint density at radius 3 is 1.07 bits per heavy atom. The number of unbranched alkanes of at least 4 members (excludes halogenated alkanes) is 29. The van der Waals surface area contributed by atoms with E-state index in [0.717, 1.165) is 0 Å². The summed E-state index contributed by atoms with van der Waals surface area (Å²) >= 11 is 0. The zero-order chi connectivity index (χ0) is 29.3. The molecule has 41 heavy (non-hydrogen) atoms. The van der Waals surface area contributed by atoms with Gasteiger partial charge >= 0.3 is 0 Å². The molecule has 240 valence electrons. The minimum atomic E-state index is 1.20. The molecule has 0 amide bonds. The van der Waals surface area contributed by atoms with Gasteiger partial charge in [0, 0.05) is 18.1 Å². The molecule has 1 aromatic heterocycles. The van der Waals surface area contributed by atoms with Crippen LogP contribution in [0.4, 0.5) is 0 Å². The van der Waals surface area contributed by atoms with Crippen molar-refractivity contribution in [1.29, 1.82) is 0 Å². The van der Waals surface area contributed by atoms with E-state index >= 15 is 0 Å². The first-order valence-electron chi connectivity index (χ1n) is 19.3. The van der Waals surface area contributed by atoms with Crippen molar-refractivity contribution >= 4 is 0 Å². The SMILES string of the molecule is CCCCCCCCCCCCCCCCCCC[n+]1cccc(CCCCCCCCCCCCCCCC)c1. The molecule has 0 aliphatic rings. The van der Waals surface area contributed by atoms with Gasteiger partial charge in [-0.3, -0.25) is 0 Å². The second kappa shape index (κ2) is 32.1. The monoisotopic (exact) mass is 571 g/mol. The number of hydrogen-bond donors (Lipinski definition) is 0. The highest BCUT2D eigenvalue weighted by Crippen LogP contribution is 2.15. The number of aromatic nitrogens is 1. The lowest BCUT2D eigenvalue weighted by molar-refractivity contribution is -0.697. The summed E-state index contributed by atoms with van der Waals surface area (Å²) in [5.41, 5.74) is 1.54. The fourth-order valence-corrected chi connectivity index (χ4v) is 6.41. The predicted octanol–water partition coefficient (Wildman–Crippen LogP) is 13.6. The maximum absolute atomic E-state index is 2.45. The van der Waals surface area contributed by atoms with E-state index in [-0.39, 0.29) is 0 Å². The number of pyridine rings is 1. The Labute approximate surface area is 260 Å². The van der Waals surface area contributed by atoms with Gasteiger partial charge in [0.2, 0.25) is 0 Å². The lowest BCUT2D eigenvalue weighted by Gasteiger charge is -2.04. The highest BCUT2D eigenvalue weighted by atomic mass is 14.9. The van der Waals surface area contributed by atoms with Crippen LogP contribution in [-0.4, -0.2) is 0 Å². The largest absolute Gasteiger partial charge is 0.205 e. The Bertz CT molecular complexity index is 623. The minimum absolute atomic E-state index is 1.20. The minimum Gasteiger partial charge on any atom is -0.205 e. The molecule has 0 saturated carbocycles. The zero-order valence-corrected chi connectivity index (χ0v) is 28.6. The van der Waals surface area contributed by atoms with Crippen molar-refractivity contribution in [2.24, 2.45) is 0 Å². The fourth-order valence-electron chi connectivity index (χ4n) is 6.41. The molecule has 1 heteroatoms. The second-order valence-electron chi connectivity index (χ2n) is 13.5. The molecule has 0 saturated heterocycles. The summed E-state index contributed by atoms with van der Waals surface area (Å²) in [6.07, 6.45) is 50.8. The molecule has 0 spiro atoms. The van der Waals surface area contributed by atoms with Gasteiger partial charge in [0.25, 0.3) is 0 Å². The average molecular weight is 571 g/mol. The van der Waals surface area contributed by atoms with Gasteiger partial charge in [-0.15, -0.1) is 0 Å². The van der Waals surface area contributed by atoms with Crippen molar-refractivity contribution in [3.05, 3.63) is 30.1 Å². The van der Waals surface area contributed by atoms with E-state index in [1.807, 2.05) is 0 Å². The van der Waals surface area contributed by atoms with Crippen LogP contribution in [0, 0.1) is 0 Å². The van der Waals surface area contributed by atoms with Crippen LogP contribution < -0.4 is 4.57 Å². The summed E-state index contributed by atoms with van der Waals surface area (Å²) in [5, 5.41) is 0. The quantitative estimate of drug-likeness (QED) is 0.0584. The van der Waals surface area contributed by atoms with Crippen LogP contribution in [-0.2, 0) is 13.0 Å². The molecule has 0 unspecified atom stereocenters. The molecule has 0 fully saturated rings. The van der Waals surface area contributed by atoms with Gasteiger partial charge in [0.15, 0.2) is 12.4 Å². The van der Waals surface area contributed by atoms with Gasteiger partial charge in [-0.1, -0.05) is 194 Å². The summed E-state index contributed by atoms with van der Waals surface area (Å²) in [6.45, 7) is 5.81. The second-order valence-corrected chi connectivity index (χ2v) is 13.5. The molecule has 0 aromatic carbocycles. The van der Waals surface area contributed by atoms with Crippen molar-refractivity contribution < 1.29 is 4.57 Å². The van der Waals surface area contributed by atoms with E-state index in [0.29, 0.717) is 0 Å². The normalized spacial score (nSPS) is 11.5. The molecule has 1 heterocycles. The highest BCUT2D eigenvalue weighted by molar-refractivity contribution is 5.05. The number of hydrogen-bond acceptors (Lipinski definition) is 0. The maximum Gasteiger partial charge on any atom is 0.171 e. The summed E-state index contributed by atoms with van der Waals surface area (Å²) in [4.78, 5) is 0. The number of nitrogens with zero attached hydrogens (tertiary/aromatic N) is 1. The van der Waals surface area contributed by atoms with Gasteiger partial charge < -0.3 is 0 Å². The van der Waals surface area contributed by atoms with E-state index in [4.69, 9.17) is 0 Å². The molecule has 0 aliphatic heterocycles. The zero-order valence-electron chi connectivity index (χ0n) is 28.6. The van der Waals surface area contributed by atoms with E-state index in [1.54, 1.807) is 5.56 Å². The lowest BCUT2D eigenvalue weighted by atomic mass is 10.0. The van der Waals surface area contributed by atoms with Gasteiger partial charge in [-0.25, -0.2) is 4.57 Å². The molecule has 0 aliphatic carbocycles. The molecule has 0 bridgehead atoms. The molecule has 1 rings (SSSR count). The smallest absolute Gasteiger partial charge is 0.171 e. The first-order chi connectivity index (χ1) is 20.4. The summed E-state index contributed by atoms with van der Waals surface area (Å²) in [7, 11) is 0. The van der Waals surface area contributed by atoms with E-state index in [2.05, 4.69) is 42.9 Å². The van der Waals surface area contributed by atoms with Crippen molar-refractivity contribution in [3.8, 4) is 0 Å². The van der Waals surface area contributed by atoms with Crippen LogP contribution in [0.15, 0.2) is 24.5 Å². The lowest BCUT2D eigenvalue weighted by Crippen LogP contribution is -2.33. The van der Waals surface area contributed by atoms with Crippen LogP contribution in [0.1, 0.15) is 218 Å². The Morgan fingerprint density at radius 1 is 0.390 bits per heavy atom. The average Bonchev–Trinajstić information content (AvgIpc) is 2.99. The Kier molecular flexibility index (Phi) is 29.9. The topological polar surface area (TPSA) is 3.88 Å². The third-order valence-corrected chi connectivity index (χ3v) is 9.26. The fraction of sp³-hybridized carbons (Fsp3) is 0.875. The number of aryl methyl sites for hydroxylation is 2. The van der Waals surface area contributed by atoms with Gasteiger partial charge in [-0.2, -0.15) is 0 Å². The van der Waals surface area contributed by atoms with Crippen LogP contribution in [0.5, 0.6) is 0 Å². The third kappa shape index (κ3) is 27.7. The Balaban J connectivity index is 1.85. The van der Waals surface area contributed by atoms with Crippen molar-refractivity contribution in [3.63, 3.8) is 0 Å². The van der Waals surface area contributed by atoms with Crippen molar-refractivity contribution in [1.82, 2.24) is 0 Å². The highest BCUT2D eigenvalue weighted by Gasteiger charge is 2.03. The first-order valence-corrected chi connectivity index (χ1v) is 19.3. The van der Waals surface area contributed by atoms with Gasteiger partial charge in [-0.05, 0) is 25.3 Å². The van der Waals surface area contributed by atoms with Crippen molar-refractivity contribution in [2.45, 2.75) is 226 Å². The van der Waals surface area contributed by atoms with Crippen molar-refractivity contribution in [2.75, 3.05) is 0 Å². The summed E-state index contributed by atoms with van der Waals surface area (Å²) < 4.78 is 2.45. The van der Waals surface area contributed by atoms with Crippen LogP contribution in [0.3, 0.4) is 0 Å². The first kappa shape index (κ1) is 38.2. The van der Waals surface area contributed by atoms with Gasteiger partial charge in [0.05, 0.1) is 0 Å². The molecule has 1 nitrogen and oxygen atoms in total. The van der Waals surface area contributed by atoms with E-state index in [1.165, 1.54) is 212 Å². The maximum atomic E-state index is 2.45. The molecular weight excluding hydrogens is 494 g/mol. The van der Waals surface area contributed by atoms with Gasteiger partial charge in [0.1, 0.15) is 6.54 Å². The summed E-state index contributed by atoms with van der Waals surface area (Å²) in [6, 6.07) is 4.61. The van der Waals surface area contributed by atoms with Crippen LogP contribution >= 0.6 is 0 Å². The number of rotatable bonds is 33. The Morgan fingerprint density at radius 2 is 0.707 bits per heavy atom. The molecule has 1 aromatic rings. The third-order valence-electron chi connectivity index (χ3n) is 9.26. The standard InChI is InChI=1S/C40H76N/c1-3-5-7-9-11-13-15-17-19-20-21-23-25-27-29-31-33-37-41-38-34-36-40(39-41)35-32-30-28-26-24-22-18-16-14-12-10-8-6-4-2/h34,36,38-39H,3-33,35,37H2,1-2H3/q+1. The van der Waals surface area contributed by atoms with Crippen LogP contribution in [0.25, 0.3) is 0 Å². The van der Waals surface area contributed by atoms with E-state index < -0.39 is 0 Å². The molecule has 0 N–H and O–H groups in total. The van der Waals surface area contributed by atoms with E-state index in [9.17, 15) is 0 Å².